The molecule has 0 aromatic carbocycles. The Balaban J connectivity index is 4.90. The molecule has 0 fully saturated rings. The van der Waals surface area contributed by atoms with Crippen LogP contribution in [-0.2, 0) is 9.53 Å². The number of halogens is 6. The second-order valence-electron chi connectivity index (χ2n) is 4.63. The molecule has 0 saturated carbocycles. The van der Waals surface area contributed by atoms with Gasteiger partial charge in [0.05, 0.1) is 5.92 Å². The first-order valence-corrected chi connectivity index (χ1v) is 5.73. The maximum absolute atomic E-state index is 12.2. The second kappa shape index (κ2) is 6.47. The Bertz CT molecular complexity index is 281. The minimum Gasteiger partial charge on any atom is -0.443 e. The molecule has 0 heterocycles. The summed E-state index contributed by atoms with van der Waals surface area (Å²) in [5, 5.41) is 0. The molecule has 0 radical (unpaired) electrons. The highest BCUT2D eigenvalue weighted by atomic mass is 19.4. The van der Waals surface area contributed by atoms with Crippen LogP contribution in [0, 0.1) is 11.8 Å². The van der Waals surface area contributed by atoms with Gasteiger partial charge in [-0.2, -0.15) is 26.3 Å². The van der Waals surface area contributed by atoms with E-state index in [1.54, 1.807) is 13.8 Å². The van der Waals surface area contributed by atoms with E-state index in [2.05, 4.69) is 4.74 Å². The molecule has 0 N–H and O–H groups in total. The number of carbonyl (C=O) groups excluding carboxylic acids is 1. The molecule has 0 spiro atoms. The second-order valence-corrected chi connectivity index (χ2v) is 4.63. The first-order chi connectivity index (χ1) is 8.39. The van der Waals surface area contributed by atoms with Gasteiger partial charge in [-0.05, 0) is 18.8 Å². The molecule has 0 amide bonds. The van der Waals surface area contributed by atoms with Gasteiger partial charge in [0.15, 0.2) is 0 Å². The lowest BCUT2D eigenvalue weighted by atomic mass is 9.95. The summed E-state index contributed by atoms with van der Waals surface area (Å²) < 4.78 is 76.9. The van der Waals surface area contributed by atoms with Crippen LogP contribution in [-0.4, -0.2) is 24.4 Å². The van der Waals surface area contributed by atoms with Gasteiger partial charge in [-0.25, -0.2) is 0 Å². The van der Waals surface area contributed by atoms with Gasteiger partial charge in [0.2, 0.25) is 0 Å². The number of hydrogen-bond acceptors (Lipinski definition) is 2. The Labute approximate surface area is 107 Å². The van der Waals surface area contributed by atoms with E-state index >= 15 is 0 Å². The zero-order valence-corrected chi connectivity index (χ0v) is 10.7. The van der Waals surface area contributed by atoms with Crippen LogP contribution in [0.3, 0.4) is 0 Å². The van der Waals surface area contributed by atoms with Gasteiger partial charge in [0.1, 0.15) is 0 Å². The Hall–Kier alpha value is -0.950. The quantitative estimate of drug-likeness (QED) is 0.564. The van der Waals surface area contributed by atoms with Gasteiger partial charge < -0.3 is 4.74 Å². The highest BCUT2D eigenvalue weighted by molar-refractivity contribution is 5.72. The third-order valence-corrected chi connectivity index (χ3v) is 2.41. The molecule has 0 aliphatic heterocycles. The molecular formula is C11H16F6O2. The van der Waals surface area contributed by atoms with Crippen molar-refractivity contribution in [2.45, 2.75) is 52.1 Å². The van der Waals surface area contributed by atoms with E-state index in [0.29, 0.717) is 0 Å². The molecule has 114 valence electrons. The van der Waals surface area contributed by atoms with Gasteiger partial charge in [-0.1, -0.05) is 20.8 Å². The van der Waals surface area contributed by atoms with Crippen molar-refractivity contribution in [2.24, 2.45) is 11.8 Å². The minimum absolute atomic E-state index is 0.0345. The fourth-order valence-corrected chi connectivity index (χ4v) is 1.53. The lowest BCUT2D eigenvalue weighted by molar-refractivity contribution is -0.314. The largest absolute Gasteiger partial charge is 0.443 e. The van der Waals surface area contributed by atoms with Crippen LogP contribution in [0.2, 0.25) is 0 Å². The summed E-state index contributed by atoms with van der Waals surface area (Å²) in [7, 11) is 0. The highest BCUT2D eigenvalue weighted by Crippen LogP contribution is 2.36. The van der Waals surface area contributed by atoms with Gasteiger partial charge in [0, 0.05) is 0 Å². The van der Waals surface area contributed by atoms with E-state index in [4.69, 9.17) is 0 Å². The fraction of sp³-hybridized carbons (Fsp3) is 0.909. The average molecular weight is 294 g/mol. The molecule has 0 rings (SSSR count). The third kappa shape index (κ3) is 6.15. The first-order valence-electron chi connectivity index (χ1n) is 5.73. The van der Waals surface area contributed by atoms with Crippen molar-refractivity contribution in [1.29, 1.82) is 0 Å². The molecule has 0 aliphatic rings. The predicted octanol–water partition coefficient (Wildman–Crippen LogP) is 4.10. The van der Waals surface area contributed by atoms with Gasteiger partial charge in [-0.15, -0.1) is 0 Å². The summed E-state index contributed by atoms with van der Waals surface area (Å²) in [4.78, 5) is 11.4. The van der Waals surface area contributed by atoms with Crippen molar-refractivity contribution in [3.05, 3.63) is 0 Å². The minimum atomic E-state index is -5.66. The number of hydrogen-bond donors (Lipinski definition) is 0. The molecule has 1 unspecified atom stereocenters. The number of alkyl halides is 6. The summed E-state index contributed by atoms with van der Waals surface area (Å²) >= 11 is 0. The van der Waals surface area contributed by atoms with Crippen LogP contribution >= 0.6 is 0 Å². The summed E-state index contributed by atoms with van der Waals surface area (Å²) in [5.74, 6) is -2.46. The maximum Gasteiger partial charge on any atom is 0.434 e. The van der Waals surface area contributed by atoms with Crippen molar-refractivity contribution in [2.75, 3.05) is 0 Å². The molecule has 8 heteroatoms. The van der Waals surface area contributed by atoms with Crippen LogP contribution in [0.4, 0.5) is 26.3 Å². The Morgan fingerprint density at radius 3 is 1.74 bits per heavy atom. The van der Waals surface area contributed by atoms with Crippen molar-refractivity contribution >= 4 is 5.97 Å². The van der Waals surface area contributed by atoms with E-state index < -0.39 is 30.3 Å². The van der Waals surface area contributed by atoms with Crippen molar-refractivity contribution < 1.29 is 35.9 Å². The van der Waals surface area contributed by atoms with Crippen molar-refractivity contribution in [3.63, 3.8) is 0 Å². The Morgan fingerprint density at radius 1 is 1.05 bits per heavy atom. The lowest BCUT2D eigenvalue weighted by Crippen LogP contribution is -2.46. The number of rotatable bonds is 5. The molecule has 0 aliphatic carbocycles. The SMILES string of the molecule is CCC(CC(C)C)C(=O)OC(C(F)(F)F)C(F)(F)F. The first kappa shape index (κ1) is 18.0. The fourth-order valence-electron chi connectivity index (χ4n) is 1.53. The lowest BCUT2D eigenvalue weighted by Gasteiger charge is -2.25. The number of carbonyl (C=O) groups is 1. The summed E-state index contributed by atoms with van der Waals surface area (Å²) in [6.45, 7) is 4.92. The number of ether oxygens (including phenoxy) is 1. The summed E-state index contributed by atoms with van der Waals surface area (Å²) in [5.41, 5.74) is 0. The molecule has 0 bridgehead atoms. The molecule has 2 nitrogen and oxygen atoms in total. The molecule has 19 heavy (non-hydrogen) atoms. The van der Waals surface area contributed by atoms with E-state index in [1.165, 1.54) is 6.92 Å². The normalized spacial score (nSPS) is 14.9. The van der Waals surface area contributed by atoms with Crippen LogP contribution in [0.5, 0.6) is 0 Å². The topological polar surface area (TPSA) is 26.3 Å². The summed E-state index contributed by atoms with van der Waals surface area (Å²) in [6.07, 6.45) is -15.1. The van der Waals surface area contributed by atoms with Gasteiger partial charge in [-0.3, -0.25) is 4.79 Å². The third-order valence-electron chi connectivity index (χ3n) is 2.41. The predicted molar refractivity (Wildman–Crippen MR) is 55.2 cm³/mol. The van der Waals surface area contributed by atoms with E-state index in [-0.39, 0.29) is 18.8 Å². The maximum atomic E-state index is 12.2. The van der Waals surface area contributed by atoms with E-state index in [9.17, 15) is 31.1 Å². The standard InChI is InChI=1S/C11H16F6O2/c1-4-7(5-6(2)3)8(18)19-9(10(12,13)14)11(15,16)17/h6-7,9H,4-5H2,1-3H3. The van der Waals surface area contributed by atoms with Crippen LogP contribution < -0.4 is 0 Å². The molecule has 0 saturated heterocycles. The zero-order chi connectivity index (χ0) is 15.4. The Kier molecular flexibility index (Phi) is 6.15. The summed E-state index contributed by atoms with van der Waals surface area (Å²) in [6, 6.07) is 0. The monoisotopic (exact) mass is 294 g/mol. The molecule has 0 aromatic rings. The van der Waals surface area contributed by atoms with Crippen LogP contribution in [0.1, 0.15) is 33.6 Å². The molecule has 0 aromatic heterocycles. The number of esters is 1. The van der Waals surface area contributed by atoms with Crippen molar-refractivity contribution in [1.82, 2.24) is 0 Å². The Morgan fingerprint density at radius 2 is 1.47 bits per heavy atom. The highest BCUT2D eigenvalue weighted by Gasteiger charge is 2.60. The van der Waals surface area contributed by atoms with E-state index in [0.717, 1.165) is 0 Å². The van der Waals surface area contributed by atoms with Crippen molar-refractivity contribution in [3.8, 4) is 0 Å². The van der Waals surface area contributed by atoms with Gasteiger partial charge in [0.25, 0.3) is 6.10 Å². The van der Waals surface area contributed by atoms with Gasteiger partial charge >= 0.3 is 18.3 Å². The van der Waals surface area contributed by atoms with E-state index in [1.807, 2.05) is 0 Å². The molecule has 1 atom stereocenters. The smallest absolute Gasteiger partial charge is 0.434 e. The zero-order valence-electron chi connectivity index (χ0n) is 10.7. The van der Waals surface area contributed by atoms with Crippen LogP contribution in [0.15, 0.2) is 0 Å². The van der Waals surface area contributed by atoms with Crippen LogP contribution in [0.25, 0.3) is 0 Å². The average Bonchev–Trinajstić information content (AvgIpc) is 2.18. The molecular weight excluding hydrogens is 278 g/mol.